The van der Waals surface area contributed by atoms with E-state index in [1.807, 2.05) is 18.2 Å². The summed E-state index contributed by atoms with van der Waals surface area (Å²) in [7, 11) is 1.57. The number of hydrogen-bond acceptors (Lipinski definition) is 3. The number of nitrogens with one attached hydrogen (secondary N) is 1. The number of amides is 1. The van der Waals surface area contributed by atoms with Crippen LogP contribution in [0, 0.1) is 0 Å². The van der Waals surface area contributed by atoms with Crippen LogP contribution in [0.1, 0.15) is 19.4 Å². The van der Waals surface area contributed by atoms with Crippen LogP contribution >= 0.6 is 0 Å². The molecule has 0 saturated heterocycles. The summed E-state index contributed by atoms with van der Waals surface area (Å²) in [5.41, 5.74) is 1.77. The molecule has 0 aliphatic heterocycles. The zero-order valence-electron chi connectivity index (χ0n) is 9.87. The number of carbonyl (C=O) groups is 1. The summed E-state index contributed by atoms with van der Waals surface area (Å²) in [4.78, 5) is 11.3. The Bertz CT molecular complexity index is 363. The van der Waals surface area contributed by atoms with Gasteiger partial charge in [-0.3, -0.25) is 5.32 Å². The molecule has 0 atom stereocenters. The lowest BCUT2D eigenvalue weighted by molar-refractivity contribution is 0.168. The van der Waals surface area contributed by atoms with E-state index >= 15 is 0 Å². The highest BCUT2D eigenvalue weighted by molar-refractivity contribution is 5.86. The molecule has 0 aliphatic rings. The van der Waals surface area contributed by atoms with E-state index < -0.39 is 6.09 Å². The van der Waals surface area contributed by atoms with Gasteiger partial charge in [-0.05, 0) is 31.0 Å². The first-order valence-corrected chi connectivity index (χ1v) is 5.32. The van der Waals surface area contributed by atoms with Crippen molar-refractivity contribution in [2.45, 2.75) is 20.3 Å². The second-order valence-corrected chi connectivity index (χ2v) is 3.23. The Kier molecular flexibility index (Phi) is 4.64. The van der Waals surface area contributed by atoms with Crippen LogP contribution in [0.15, 0.2) is 18.2 Å². The summed E-state index contributed by atoms with van der Waals surface area (Å²) in [6, 6.07) is 5.69. The number of aryl methyl sites for hydroxylation is 1. The molecule has 0 fully saturated rings. The van der Waals surface area contributed by atoms with Gasteiger partial charge < -0.3 is 9.47 Å². The maximum Gasteiger partial charge on any atom is 0.411 e. The first-order valence-electron chi connectivity index (χ1n) is 5.32. The molecule has 1 aromatic carbocycles. The average Bonchev–Trinajstić information content (AvgIpc) is 2.29. The number of rotatable bonds is 4. The fraction of sp³-hybridized carbons (Fsp3) is 0.417. The number of methoxy groups -OCH3 is 1. The molecule has 0 spiro atoms. The Morgan fingerprint density at radius 3 is 2.69 bits per heavy atom. The summed E-state index contributed by atoms with van der Waals surface area (Å²) in [5, 5.41) is 2.65. The van der Waals surface area contributed by atoms with Crippen LogP contribution in [0.4, 0.5) is 10.5 Å². The predicted molar refractivity (Wildman–Crippen MR) is 63.0 cm³/mol. The van der Waals surface area contributed by atoms with Crippen LogP contribution in [0.3, 0.4) is 0 Å². The van der Waals surface area contributed by atoms with E-state index in [1.165, 1.54) is 0 Å². The van der Waals surface area contributed by atoms with E-state index in [1.54, 1.807) is 14.0 Å². The Balaban J connectivity index is 2.86. The summed E-state index contributed by atoms with van der Waals surface area (Å²) >= 11 is 0. The maximum absolute atomic E-state index is 11.3. The molecule has 88 valence electrons. The van der Waals surface area contributed by atoms with Gasteiger partial charge in [0.25, 0.3) is 0 Å². The zero-order chi connectivity index (χ0) is 12.0. The van der Waals surface area contributed by atoms with Crippen molar-refractivity contribution in [3.63, 3.8) is 0 Å². The molecule has 0 saturated carbocycles. The standard InChI is InChI=1S/C12H17NO3/c1-4-9-6-7-11(15-3)10(8-9)13-12(14)16-5-2/h6-8H,4-5H2,1-3H3,(H,13,14). The Labute approximate surface area is 95.6 Å². The normalized spacial score (nSPS) is 9.69. The van der Waals surface area contributed by atoms with Gasteiger partial charge in [-0.2, -0.15) is 0 Å². The van der Waals surface area contributed by atoms with Gasteiger partial charge >= 0.3 is 6.09 Å². The molecule has 1 aromatic rings. The summed E-state index contributed by atoms with van der Waals surface area (Å²) in [6.45, 7) is 4.16. The second kappa shape index (κ2) is 6.00. The quantitative estimate of drug-likeness (QED) is 0.853. The molecule has 0 unspecified atom stereocenters. The molecule has 1 rings (SSSR count). The molecular formula is C12H17NO3. The van der Waals surface area contributed by atoms with Crippen LogP contribution in [-0.4, -0.2) is 19.8 Å². The zero-order valence-corrected chi connectivity index (χ0v) is 9.87. The minimum Gasteiger partial charge on any atom is -0.495 e. The first kappa shape index (κ1) is 12.4. The van der Waals surface area contributed by atoms with E-state index in [2.05, 4.69) is 12.2 Å². The molecule has 0 radical (unpaired) electrons. The van der Waals surface area contributed by atoms with Gasteiger partial charge in [0.1, 0.15) is 5.75 Å². The molecule has 4 heteroatoms. The van der Waals surface area contributed by atoms with Crippen LogP contribution in [0.5, 0.6) is 5.75 Å². The van der Waals surface area contributed by atoms with Crippen LogP contribution in [0.25, 0.3) is 0 Å². The summed E-state index contributed by atoms with van der Waals surface area (Å²) in [6.07, 6.45) is 0.440. The summed E-state index contributed by atoms with van der Waals surface area (Å²) in [5.74, 6) is 0.630. The monoisotopic (exact) mass is 223 g/mol. The molecular weight excluding hydrogens is 206 g/mol. The van der Waals surface area contributed by atoms with Gasteiger partial charge in [0.05, 0.1) is 19.4 Å². The molecule has 0 aromatic heterocycles. The highest BCUT2D eigenvalue weighted by atomic mass is 16.5. The third-order valence-electron chi connectivity index (χ3n) is 2.18. The second-order valence-electron chi connectivity index (χ2n) is 3.23. The number of hydrogen-bond donors (Lipinski definition) is 1. The third-order valence-corrected chi connectivity index (χ3v) is 2.18. The largest absolute Gasteiger partial charge is 0.495 e. The van der Waals surface area contributed by atoms with Gasteiger partial charge in [0, 0.05) is 0 Å². The minimum absolute atomic E-state index is 0.349. The van der Waals surface area contributed by atoms with Crippen molar-refractivity contribution >= 4 is 11.8 Å². The van der Waals surface area contributed by atoms with Crippen LogP contribution in [-0.2, 0) is 11.2 Å². The Morgan fingerprint density at radius 1 is 1.38 bits per heavy atom. The number of ether oxygens (including phenoxy) is 2. The molecule has 0 bridgehead atoms. The average molecular weight is 223 g/mol. The van der Waals surface area contributed by atoms with Crippen molar-refractivity contribution < 1.29 is 14.3 Å². The molecule has 4 nitrogen and oxygen atoms in total. The number of benzene rings is 1. The highest BCUT2D eigenvalue weighted by Gasteiger charge is 2.08. The van der Waals surface area contributed by atoms with Crippen molar-refractivity contribution in [3.05, 3.63) is 23.8 Å². The van der Waals surface area contributed by atoms with Crippen molar-refractivity contribution in [3.8, 4) is 5.75 Å². The lowest BCUT2D eigenvalue weighted by atomic mass is 10.1. The fourth-order valence-electron chi connectivity index (χ4n) is 1.35. The summed E-state index contributed by atoms with van der Waals surface area (Å²) < 4.78 is 9.97. The molecule has 1 N–H and O–H groups in total. The van der Waals surface area contributed by atoms with Gasteiger partial charge in [0.2, 0.25) is 0 Å². The van der Waals surface area contributed by atoms with Gasteiger partial charge in [-0.1, -0.05) is 13.0 Å². The highest BCUT2D eigenvalue weighted by Crippen LogP contribution is 2.25. The van der Waals surface area contributed by atoms with Crippen molar-refractivity contribution in [1.82, 2.24) is 0 Å². The van der Waals surface area contributed by atoms with Crippen molar-refractivity contribution in [1.29, 1.82) is 0 Å². The first-order chi connectivity index (χ1) is 7.71. The van der Waals surface area contributed by atoms with Gasteiger partial charge in [-0.25, -0.2) is 4.79 Å². The maximum atomic E-state index is 11.3. The van der Waals surface area contributed by atoms with Gasteiger partial charge in [-0.15, -0.1) is 0 Å². The number of carbonyl (C=O) groups excluding carboxylic acids is 1. The lowest BCUT2D eigenvalue weighted by Gasteiger charge is -2.11. The van der Waals surface area contributed by atoms with Crippen molar-refractivity contribution in [2.24, 2.45) is 0 Å². The minimum atomic E-state index is -0.464. The van der Waals surface area contributed by atoms with Crippen molar-refractivity contribution in [2.75, 3.05) is 19.0 Å². The van der Waals surface area contributed by atoms with E-state index in [0.29, 0.717) is 18.0 Å². The van der Waals surface area contributed by atoms with Crippen LogP contribution in [0.2, 0.25) is 0 Å². The van der Waals surface area contributed by atoms with E-state index in [0.717, 1.165) is 12.0 Å². The SMILES string of the molecule is CCOC(=O)Nc1cc(CC)ccc1OC. The molecule has 0 heterocycles. The predicted octanol–water partition coefficient (Wildman–Crippen LogP) is 2.83. The van der Waals surface area contributed by atoms with Gasteiger partial charge in [0.15, 0.2) is 0 Å². The third kappa shape index (κ3) is 3.15. The Hall–Kier alpha value is -1.71. The van der Waals surface area contributed by atoms with E-state index in [4.69, 9.17) is 9.47 Å². The van der Waals surface area contributed by atoms with E-state index in [-0.39, 0.29) is 0 Å². The number of anilines is 1. The smallest absolute Gasteiger partial charge is 0.411 e. The van der Waals surface area contributed by atoms with Crippen LogP contribution < -0.4 is 10.1 Å². The van der Waals surface area contributed by atoms with E-state index in [9.17, 15) is 4.79 Å². The topological polar surface area (TPSA) is 47.6 Å². The molecule has 1 amide bonds. The molecule has 0 aliphatic carbocycles. The molecule has 16 heavy (non-hydrogen) atoms. The lowest BCUT2D eigenvalue weighted by Crippen LogP contribution is -2.14. The Morgan fingerprint density at radius 2 is 2.12 bits per heavy atom. The fourth-order valence-corrected chi connectivity index (χ4v) is 1.35.